The fourth-order valence-corrected chi connectivity index (χ4v) is 2.87. The summed E-state index contributed by atoms with van der Waals surface area (Å²) in [5.74, 6) is 0.835. The van der Waals surface area contributed by atoms with Gasteiger partial charge in [-0.25, -0.2) is 4.98 Å². The van der Waals surface area contributed by atoms with Crippen molar-refractivity contribution in [2.75, 3.05) is 31.2 Å². The van der Waals surface area contributed by atoms with E-state index in [1.165, 1.54) is 22.9 Å². The third-order valence-corrected chi connectivity index (χ3v) is 3.99. The predicted molar refractivity (Wildman–Crippen MR) is 57.1 cm³/mol. The first kappa shape index (κ1) is 8.68. The molecule has 0 aromatic carbocycles. The first-order valence-corrected chi connectivity index (χ1v) is 6.03. The van der Waals surface area contributed by atoms with Crippen molar-refractivity contribution in [1.29, 1.82) is 0 Å². The van der Waals surface area contributed by atoms with Crippen LogP contribution in [0.2, 0.25) is 0 Å². The van der Waals surface area contributed by atoms with E-state index in [4.69, 9.17) is 4.74 Å². The van der Waals surface area contributed by atoms with Gasteiger partial charge in [-0.3, -0.25) is 0 Å². The summed E-state index contributed by atoms with van der Waals surface area (Å²) < 4.78 is 5.32. The Bertz CT molecular complexity index is 316. The highest BCUT2D eigenvalue weighted by atomic mass is 32.1. The molecule has 3 rings (SSSR count). The lowest BCUT2D eigenvalue weighted by Crippen LogP contribution is -2.36. The van der Waals surface area contributed by atoms with Crippen molar-refractivity contribution >= 4 is 16.5 Å². The number of ether oxygens (including phenoxy) is 1. The molecule has 4 heteroatoms. The molecule has 1 aliphatic heterocycles. The van der Waals surface area contributed by atoms with Crippen LogP contribution in [0.4, 0.5) is 5.13 Å². The number of hydrogen-bond donors (Lipinski definition) is 0. The maximum Gasteiger partial charge on any atom is 0.185 e. The molecular formula is C10H14N2OS. The first-order valence-electron chi connectivity index (χ1n) is 5.22. The fourth-order valence-electron chi connectivity index (χ4n) is 1.73. The molecule has 1 aromatic heterocycles. The second-order valence-corrected chi connectivity index (χ2v) is 4.96. The second kappa shape index (κ2) is 3.51. The van der Waals surface area contributed by atoms with E-state index in [0.717, 1.165) is 32.2 Å². The van der Waals surface area contributed by atoms with Crippen molar-refractivity contribution in [2.24, 2.45) is 0 Å². The van der Waals surface area contributed by atoms with Crippen LogP contribution in [0.15, 0.2) is 6.20 Å². The lowest BCUT2D eigenvalue weighted by Gasteiger charge is -2.25. The minimum Gasteiger partial charge on any atom is -0.378 e. The van der Waals surface area contributed by atoms with Gasteiger partial charge in [0.05, 0.1) is 13.2 Å². The van der Waals surface area contributed by atoms with Crippen molar-refractivity contribution in [3.63, 3.8) is 0 Å². The Morgan fingerprint density at radius 3 is 2.86 bits per heavy atom. The highest BCUT2D eigenvalue weighted by molar-refractivity contribution is 7.15. The highest BCUT2D eigenvalue weighted by Crippen LogP contribution is 2.43. The third kappa shape index (κ3) is 1.64. The quantitative estimate of drug-likeness (QED) is 0.745. The lowest BCUT2D eigenvalue weighted by molar-refractivity contribution is 0.122. The Hall–Kier alpha value is -0.610. The van der Waals surface area contributed by atoms with E-state index < -0.39 is 0 Å². The van der Waals surface area contributed by atoms with Crippen molar-refractivity contribution < 1.29 is 4.74 Å². The summed E-state index contributed by atoms with van der Waals surface area (Å²) in [6.07, 6.45) is 4.79. The lowest BCUT2D eigenvalue weighted by atomic mass is 10.4. The summed E-state index contributed by atoms with van der Waals surface area (Å²) in [5, 5.41) is 1.19. The molecule has 2 fully saturated rings. The van der Waals surface area contributed by atoms with E-state index in [9.17, 15) is 0 Å². The minimum absolute atomic E-state index is 0.835. The molecule has 0 unspecified atom stereocenters. The number of morpholine rings is 1. The van der Waals surface area contributed by atoms with Crippen LogP contribution < -0.4 is 4.90 Å². The molecule has 0 spiro atoms. The zero-order valence-corrected chi connectivity index (χ0v) is 8.92. The van der Waals surface area contributed by atoms with Gasteiger partial charge in [0.2, 0.25) is 0 Å². The summed E-state index contributed by atoms with van der Waals surface area (Å²) in [5.41, 5.74) is 0. The number of hydrogen-bond acceptors (Lipinski definition) is 4. The largest absolute Gasteiger partial charge is 0.378 e. The molecule has 1 aliphatic carbocycles. The Labute approximate surface area is 87.7 Å². The Balaban J connectivity index is 1.74. The van der Waals surface area contributed by atoms with Gasteiger partial charge in [0.25, 0.3) is 0 Å². The van der Waals surface area contributed by atoms with Gasteiger partial charge in [0.1, 0.15) is 0 Å². The van der Waals surface area contributed by atoms with Gasteiger partial charge in [0.15, 0.2) is 5.13 Å². The zero-order valence-electron chi connectivity index (χ0n) is 8.11. The van der Waals surface area contributed by atoms with E-state index in [0.29, 0.717) is 0 Å². The van der Waals surface area contributed by atoms with Gasteiger partial charge in [-0.05, 0) is 18.8 Å². The number of rotatable bonds is 2. The molecule has 1 saturated carbocycles. The molecule has 76 valence electrons. The fraction of sp³-hybridized carbons (Fsp3) is 0.700. The molecule has 0 N–H and O–H groups in total. The van der Waals surface area contributed by atoms with Crippen LogP contribution in [-0.4, -0.2) is 31.3 Å². The average molecular weight is 210 g/mol. The zero-order chi connectivity index (χ0) is 9.38. The minimum atomic E-state index is 0.835. The van der Waals surface area contributed by atoms with E-state index in [1.54, 1.807) is 0 Å². The molecule has 0 atom stereocenters. The van der Waals surface area contributed by atoms with Crippen LogP contribution in [0.25, 0.3) is 0 Å². The predicted octanol–water partition coefficient (Wildman–Crippen LogP) is 1.86. The highest BCUT2D eigenvalue weighted by Gasteiger charge is 2.26. The van der Waals surface area contributed by atoms with Crippen molar-refractivity contribution in [3.05, 3.63) is 11.1 Å². The maximum atomic E-state index is 5.32. The Kier molecular flexibility index (Phi) is 2.18. The standard InChI is InChI=1S/C10H14N2OS/c1-2-8(1)9-7-11-10(14-9)12-3-5-13-6-4-12/h7-8H,1-6H2. The molecule has 1 aromatic rings. The van der Waals surface area contributed by atoms with Crippen LogP contribution in [0, 0.1) is 0 Å². The third-order valence-electron chi connectivity index (χ3n) is 2.77. The number of anilines is 1. The van der Waals surface area contributed by atoms with Crippen LogP contribution in [0.5, 0.6) is 0 Å². The number of nitrogens with zero attached hydrogens (tertiary/aromatic N) is 2. The first-order chi connectivity index (χ1) is 6.93. The average Bonchev–Trinajstić information content (AvgIpc) is 2.98. The molecule has 0 bridgehead atoms. The maximum absolute atomic E-state index is 5.32. The van der Waals surface area contributed by atoms with Gasteiger partial charge < -0.3 is 9.64 Å². The number of aromatic nitrogens is 1. The summed E-state index contributed by atoms with van der Waals surface area (Å²) in [6, 6.07) is 0. The molecule has 0 amide bonds. The summed E-state index contributed by atoms with van der Waals surface area (Å²) in [4.78, 5) is 8.30. The normalized spacial score (nSPS) is 22.7. The molecule has 2 aliphatic rings. The Morgan fingerprint density at radius 2 is 2.14 bits per heavy atom. The van der Waals surface area contributed by atoms with E-state index in [1.807, 2.05) is 11.3 Å². The summed E-state index contributed by atoms with van der Waals surface area (Å²) in [6.45, 7) is 3.69. The van der Waals surface area contributed by atoms with E-state index in [2.05, 4.69) is 16.1 Å². The van der Waals surface area contributed by atoms with Crippen molar-refractivity contribution in [2.45, 2.75) is 18.8 Å². The van der Waals surface area contributed by atoms with Gasteiger partial charge in [-0.1, -0.05) is 0 Å². The van der Waals surface area contributed by atoms with E-state index in [-0.39, 0.29) is 0 Å². The van der Waals surface area contributed by atoms with Crippen LogP contribution >= 0.6 is 11.3 Å². The van der Waals surface area contributed by atoms with Crippen molar-refractivity contribution in [3.8, 4) is 0 Å². The topological polar surface area (TPSA) is 25.4 Å². The molecule has 1 saturated heterocycles. The summed E-state index contributed by atoms with van der Waals surface area (Å²) >= 11 is 1.87. The molecule has 0 radical (unpaired) electrons. The number of thiazole rings is 1. The second-order valence-electron chi connectivity index (χ2n) is 3.92. The van der Waals surface area contributed by atoms with Crippen molar-refractivity contribution in [1.82, 2.24) is 4.98 Å². The molecule has 2 heterocycles. The monoisotopic (exact) mass is 210 g/mol. The van der Waals surface area contributed by atoms with Gasteiger partial charge in [-0.15, -0.1) is 11.3 Å². The Morgan fingerprint density at radius 1 is 1.36 bits per heavy atom. The van der Waals surface area contributed by atoms with Crippen LogP contribution in [0.3, 0.4) is 0 Å². The van der Waals surface area contributed by atoms with Gasteiger partial charge in [0, 0.05) is 24.2 Å². The SMILES string of the molecule is c1nc(N2CCOCC2)sc1C1CC1. The van der Waals surface area contributed by atoms with E-state index >= 15 is 0 Å². The van der Waals surface area contributed by atoms with Gasteiger partial charge in [-0.2, -0.15) is 0 Å². The summed E-state index contributed by atoms with van der Waals surface area (Å²) in [7, 11) is 0. The smallest absolute Gasteiger partial charge is 0.185 e. The molecular weight excluding hydrogens is 196 g/mol. The van der Waals surface area contributed by atoms with Gasteiger partial charge >= 0.3 is 0 Å². The van der Waals surface area contributed by atoms with Crippen LogP contribution in [-0.2, 0) is 4.74 Å². The van der Waals surface area contributed by atoms with Crippen LogP contribution in [0.1, 0.15) is 23.6 Å². The molecule has 3 nitrogen and oxygen atoms in total. The molecule has 14 heavy (non-hydrogen) atoms.